The Morgan fingerprint density at radius 2 is 1.84 bits per heavy atom. The summed E-state index contributed by atoms with van der Waals surface area (Å²) in [5.41, 5.74) is 0.987. The van der Waals surface area contributed by atoms with E-state index in [0.717, 1.165) is 6.26 Å². The van der Waals surface area contributed by atoms with Gasteiger partial charge in [-0.1, -0.05) is 0 Å². The van der Waals surface area contributed by atoms with E-state index in [9.17, 15) is 13.2 Å². The summed E-state index contributed by atoms with van der Waals surface area (Å²) in [4.78, 5) is 15.5. The highest BCUT2D eigenvalue weighted by atomic mass is 32.2. The molecule has 100 valence electrons. The summed E-state index contributed by atoms with van der Waals surface area (Å²) in [6.07, 6.45) is 5.48. The Morgan fingerprint density at radius 3 is 2.37 bits per heavy atom. The molecule has 0 aliphatic rings. The Balaban J connectivity index is 2.05. The lowest BCUT2D eigenvalue weighted by Gasteiger charge is -2.07. The van der Waals surface area contributed by atoms with Crippen LogP contribution in [-0.4, -0.2) is 30.3 Å². The van der Waals surface area contributed by atoms with Gasteiger partial charge in [-0.05, 0) is 24.3 Å². The van der Waals surface area contributed by atoms with Crippen molar-refractivity contribution < 1.29 is 13.2 Å². The molecule has 0 atom stereocenters. The molecule has 1 amide bonds. The minimum atomic E-state index is -3.30. The van der Waals surface area contributed by atoms with Crippen molar-refractivity contribution in [3.8, 4) is 0 Å². The highest BCUT2D eigenvalue weighted by Crippen LogP contribution is 2.14. The lowest BCUT2D eigenvalue weighted by Crippen LogP contribution is -2.17. The largest absolute Gasteiger partial charge is 0.331 e. The van der Waals surface area contributed by atoms with Crippen molar-refractivity contribution in [2.45, 2.75) is 0 Å². The van der Waals surface area contributed by atoms with Gasteiger partial charge in [0.15, 0.2) is 0 Å². The second-order valence-electron chi connectivity index (χ2n) is 3.85. The molecule has 0 aliphatic heterocycles. The lowest BCUT2D eigenvalue weighted by molar-refractivity contribution is 0.253. The molecule has 8 heteroatoms. The van der Waals surface area contributed by atoms with Crippen LogP contribution in [0.2, 0.25) is 0 Å². The lowest BCUT2D eigenvalue weighted by atomic mass is 10.3. The molecule has 19 heavy (non-hydrogen) atoms. The maximum absolute atomic E-state index is 11.7. The topological polar surface area (TPSA) is 93.1 Å². The minimum Gasteiger partial charge on any atom is -0.307 e. The van der Waals surface area contributed by atoms with Gasteiger partial charge in [0, 0.05) is 23.8 Å². The van der Waals surface area contributed by atoms with Crippen LogP contribution in [0.3, 0.4) is 0 Å². The van der Waals surface area contributed by atoms with E-state index in [2.05, 4.69) is 15.0 Å². The second-order valence-corrected chi connectivity index (χ2v) is 5.60. The van der Waals surface area contributed by atoms with Crippen LogP contribution in [0.4, 0.5) is 16.2 Å². The van der Waals surface area contributed by atoms with Crippen molar-refractivity contribution >= 4 is 27.4 Å². The molecule has 2 N–H and O–H groups in total. The molecular formula is C11H12N4O3S. The number of anilines is 2. The first-order valence-corrected chi connectivity index (χ1v) is 7.20. The SMILES string of the molecule is CS(=O)(=O)Nc1ccc(NC(=O)n2ccnc2)cc1. The van der Waals surface area contributed by atoms with Crippen LogP contribution >= 0.6 is 0 Å². The van der Waals surface area contributed by atoms with E-state index in [4.69, 9.17) is 0 Å². The molecule has 0 bridgehead atoms. The molecule has 0 spiro atoms. The zero-order chi connectivity index (χ0) is 13.9. The number of sulfonamides is 1. The van der Waals surface area contributed by atoms with Crippen molar-refractivity contribution in [3.63, 3.8) is 0 Å². The number of imidazole rings is 1. The van der Waals surface area contributed by atoms with Crippen molar-refractivity contribution in [1.82, 2.24) is 9.55 Å². The Bertz CT molecular complexity index is 662. The average molecular weight is 280 g/mol. The smallest absolute Gasteiger partial charge is 0.307 e. The second kappa shape index (κ2) is 5.11. The highest BCUT2D eigenvalue weighted by Gasteiger charge is 2.05. The van der Waals surface area contributed by atoms with E-state index < -0.39 is 10.0 Å². The maximum atomic E-state index is 11.7. The number of amides is 1. The van der Waals surface area contributed by atoms with Crippen LogP contribution in [0, 0.1) is 0 Å². The fourth-order valence-corrected chi connectivity index (χ4v) is 1.97. The van der Waals surface area contributed by atoms with Gasteiger partial charge in [-0.25, -0.2) is 18.2 Å². The van der Waals surface area contributed by atoms with Crippen LogP contribution < -0.4 is 10.0 Å². The Kier molecular flexibility index (Phi) is 3.52. The monoisotopic (exact) mass is 280 g/mol. The van der Waals surface area contributed by atoms with Gasteiger partial charge in [-0.3, -0.25) is 9.29 Å². The standard InChI is InChI=1S/C11H12N4O3S/c1-19(17,18)14-10-4-2-9(3-5-10)13-11(16)15-7-6-12-8-15/h2-8,14H,1H3,(H,13,16). The first-order chi connectivity index (χ1) is 8.94. The molecule has 0 fully saturated rings. The zero-order valence-corrected chi connectivity index (χ0v) is 10.9. The molecule has 1 heterocycles. The first kappa shape index (κ1) is 13.1. The first-order valence-electron chi connectivity index (χ1n) is 5.31. The van der Waals surface area contributed by atoms with Crippen LogP contribution in [0.5, 0.6) is 0 Å². The number of nitrogens with zero attached hydrogens (tertiary/aromatic N) is 2. The summed E-state index contributed by atoms with van der Waals surface area (Å²) < 4.78 is 25.7. The third-order valence-electron chi connectivity index (χ3n) is 2.18. The van der Waals surface area contributed by atoms with E-state index in [1.807, 2.05) is 0 Å². The van der Waals surface area contributed by atoms with Crippen LogP contribution in [0.1, 0.15) is 0 Å². The molecule has 2 aromatic rings. The summed E-state index contributed by atoms with van der Waals surface area (Å²) >= 11 is 0. The summed E-state index contributed by atoms with van der Waals surface area (Å²) in [5.74, 6) is 0. The summed E-state index contributed by atoms with van der Waals surface area (Å²) in [6.45, 7) is 0. The fraction of sp³-hybridized carbons (Fsp3) is 0.0909. The van der Waals surface area contributed by atoms with Crippen LogP contribution in [-0.2, 0) is 10.0 Å². The summed E-state index contributed by atoms with van der Waals surface area (Å²) in [6, 6.07) is 5.97. The molecule has 0 saturated heterocycles. The van der Waals surface area contributed by atoms with Gasteiger partial charge < -0.3 is 5.32 Å². The van der Waals surface area contributed by atoms with Crippen molar-refractivity contribution in [2.75, 3.05) is 16.3 Å². The zero-order valence-electron chi connectivity index (χ0n) is 10.1. The molecule has 1 aromatic heterocycles. The predicted octanol–water partition coefficient (Wildman–Crippen LogP) is 1.33. The van der Waals surface area contributed by atoms with Gasteiger partial charge in [-0.2, -0.15) is 0 Å². The van der Waals surface area contributed by atoms with Gasteiger partial charge in [0.1, 0.15) is 6.33 Å². The van der Waals surface area contributed by atoms with Crippen LogP contribution in [0.25, 0.3) is 0 Å². The van der Waals surface area contributed by atoms with Crippen molar-refractivity contribution in [1.29, 1.82) is 0 Å². The summed E-state index contributed by atoms with van der Waals surface area (Å²) in [5, 5.41) is 2.64. The van der Waals surface area contributed by atoms with E-state index in [0.29, 0.717) is 11.4 Å². The molecule has 0 radical (unpaired) electrons. The Hall–Kier alpha value is -2.35. The highest BCUT2D eigenvalue weighted by molar-refractivity contribution is 7.92. The molecule has 7 nitrogen and oxygen atoms in total. The number of rotatable bonds is 3. The number of benzene rings is 1. The van der Waals surface area contributed by atoms with E-state index in [-0.39, 0.29) is 6.03 Å². The summed E-state index contributed by atoms with van der Waals surface area (Å²) in [7, 11) is -3.30. The molecule has 0 aliphatic carbocycles. The molecule has 0 saturated carbocycles. The van der Waals surface area contributed by atoms with E-state index in [1.165, 1.54) is 23.3 Å². The molecular weight excluding hydrogens is 268 g/mol. The Morgan fingerprint density at radius 1 is 1.21 bits per heavy atom. The number of carbonyl (C=O) groups excluding carboxylic acids is 1. The van der Waals surface area contributed by atoms with Crippen molar-refractivity contribution in [3.05, 3.63) is 43.0 Å². The predicted molar refractivity (Wildman–Crippen MR) is 71.6 cm³/mol. The molecule has 1 aromatic carbocycles. The van der Waals surface area contributed by atoms with Gasteiger partial charge in [0.25, 0.3) is 0 Å². The number of hydrogen-bond donors (Lipinski definition) is 2. The number of nitrogens with one attached hydrogen (secondary N) is 2. The third-order valence-corrected chi connectivity index (χ3v) is 2.78. The van der Waals surface area contributed by atoms with E-state index >= 15 is 0 Å². The Labute approximate surface area is 110 Å². The van der Waals surface area contributed by atoms with Crippen molar-refractivity contribution in [2.24, 2.45) is 0 Å². The normalized spacial score (nSPS) is 11.0. The molecule has 2 rings (SSSR count). The van der Waals surface area contributed by atoms with Gasteiger partial charge in [0.2, 0.25) is 10.0 Å². The molecule has 0 unspecified atom stereocenters. The number of aromatic nitrogens is 2. The number of carbonyl (C=O) groups is 1. The van der Waals surface area contributed by atoms with Gasteiger partial charge in [0.05, 0.1) is 6.26 Å². The third kappa shape index (κ3) is 3.81. The maximum Gasteiger partial charge on any atom is 0.331 e. The van der Waals surface area contributed by atoms with Crippen LogP contribution in [0.15, 0.2) is 43.0 Å². The quantitative estimate of drug-likeness (QED) is 0.887. The number of hydrogen-bond acceptors (Lipinski definition) is 4. The van der Waals surface area contributed by atoms with Gasteiger partial charge >= 0.3 is 6.03 Å². The minimum absolute atomic E-state index is 0.346. The van der Waals surface area contributed by atoms with E-state index in [1.54, 1.807) is 24.3 Å². The average Bonchev–Trinajstić information content (AvgIpc) is 2.83. The van der Waals surface area contributed by atoms with Gasteiger partial charge in [-0.15, -0.1) is 0 Å². The fourth-order valence-electron chi connectivity index (χ4n) is 1.40.